The third-order valence-corrected chi connectivity index (χ3v) is 1.87. The number of hydrogen-bond acceptors (Lipinski definition) is 2. The van der Waals surface area contributed by atoms with Gasteiger partial charge in [0.05, 0.1) is 6.61 Å². The number of carbonyl (C=O) groups is 1. The van der Waals surface area contributed by atoms with Gasteiger partial charge < -0.3 is 9.84 Å². The molecule has 0 saturated carbocycles. The molecule has 0 saturated heterocycles. The Morgan fingerprint density at radius 2 is 1.93 bits per heavy atom. The van der Waals surface area contributed by atoms with E-state index in [2.05, 4.69) is 0 Å². The van der Waals surface area contributed by atoms with Crippen LogP contribution in [0.3, 0.4) is 0 Å². The first-order valence-corrected chi connectivity index (χ1v) is 4.78. The van der Waals surface area contributed by atoms with Gasteiger partial charge in [0.25, 0.3) is 0 Å². The Morgan fingerprint density at radius 3 is 2.53 bits per heavy atom. The summed E-state index contributed by atoms with van der Waals surface area (Å²) in [6.07, 6.45) is 1.44. The first-order chi connectivity index (χ1) is 7.18. The number of benzene rings is 1. The summed E-state index contributed by atoms with van der Waals surface area (Å²) in [6, 6.07) is 5.75. The zero-order valence-corrected chi connectivity index (χ0v) is 8.28. The van der Waals surface area contributed by atoms with E-state index < -0.39 is 5.97 Å². The van der Waals surface area contributed by atoms with Gasteiger partial charge in [0.2, 0.25) is 0 Å². The first kappa shape index (κ1) is 11.5. The predicted octanol–water partition coefficient (Wildman–Crippen LogP) is 2.46. The highest BCUT2D eigenvalue weighted by atomic mass is 19.1. The Balaban J connectivity index is 2.15. The lowest BCUT2D eigenvalue weighted by Crippen LogP contribution is -2.00. The van der Waals surface area contributed by atoms with Gasteiger partial charge in [-0.15, -0.1) is 0 Å². The molecule has 4 heteroatoms. The fourth-order valence-electron chi connectivity index (χ4n) is 1.10. The largest absolute Gasteiger partial charge is 0.494 e. The van der Waals surface area contributed by atoms with Gasteiger partial charge in [0, 0.05) is 6.42 Å². The van der Waals surface area contributed by atoms with Crippen LogP contribution in [-0.4, -0.2) is 17.7 Å². The molecule has 0 aliphatic carbocycles. The molecule has 82 valence electrons. The van der Waals surface area contributed by atoms with Crippen molar-refractivity contribution < 1.29 is 19.0 Å². The molecule has 0 unspecified atom stereocenters. The van der Waals surface area contributed by atoms with Crippen LogP contribution >= 0.6 is 0 Å². The van der Waals surface area contributed by atoms with Gasteiger partial charge in [-0.3, -0.25) is 4.79 Å². The number of rotatable bonds is 6. The molecule has 0 spiro atoms. The molecular weight excluding hydrogens is 199 g/mol. The van der Waals surface area contributed by atoms with E-state index in [4.69, 9.17) is 9.84 Å². The van der Waals surface area contributed by atoms with Gasteiger partial charge in [-0.25, -0.2) is 4.39 Å². The van der Waals surface area contributed by atoms with Crippen LogP contribution in [0.1, 0.15) is 19.3 Å². The van der Waals surface area contributed by atoms with E-state index >= 15 is 0 Å². The summed E-state index contributed by atoms with van der Waals surface area (Å²) >= 11 is 0. The van der Waals surface area contributed by atoms with Crippen LogP contribution in [0.4, 0.5) is 4.39 Å². The van der Waals surface area contributed by atoms with Gasteiger partial charge in [0.1, 0.15) is 11.6 Å². The topological polar surface area (TPSA) is 46.5 Å². The van der Waals surface area contributed by atoms with Crippen molar-refractivity contribution in [2.75, 3.05) is 6.61 Å². The lowest BCUT2D eigenvalue weighted by atomic mass is 10.2. The molecule has 0 aromatic heterocycles. The van der Waals surface area contributed by atoms with Crippen LogP contribution in [0.15, 0.2) is 24.3 Å². The number of halogens is 1. The molecule has 0 fully saturated rings. The normalized spacial score (nSPS) is 9.93. The van der Waals surface area contributed by atoms with Crippen molar-refractivity contribution in [2.45, 2.75) is 19.3 Å². The van der Waals surface area contributed by atoms with Crippen LogP contribution in [0, 0.1) is 5.82 Å². The number of unbranched alkanes of at least 4 members (excludes halogenated alkanes) is 1. The number of aliphatic carboxylic acids is 1. The van der Waals surface area contributed by atoms with Crippen LogP contribution < -0.4 is 4.74 Å². The predicted molar refractivity (Wildman–Crippen MR) is 53.4 cm³/mol. The first-order valence-electron chi connectivity index (χ1n) is 4.78. The van der Waals surface area contributed by atoms with Crippen molar-refractivity contribution in [3.8, 4) is 5.75 Å². The molecule has 1 aromatic carbocycles. The maximum atomic E-state index is 12.5. The quantitative estimate of drug-likeness (QED) is 0.737. The Kier molecular flexibility index (Phi) is 4.60. The van der Waals surface area contributed by atoms with Crippen LogP contribution in [0.2, 0.25) is 0 Å². The Bertz CT molecular complexity index is 308. The fraction of sp³-hybridized carbons (Fsp3) is 0.364. The SMILES string of the molecule is O=C(O)CCCCOc1ccc(F)cc1. The zero-order valence-electron chi connectivity index (χ0n) is 8.28. The Labute approximate surface area is 87.5 Å². The molecule has 0 bridgehead atoms. The number of ether oxygens (including phenoxy) is 1. The minimum Gasteiger partial charge on any atom is -0.494 e. The van der Waals surface area contributed by atoms with Crippen molar-refractivity contribution in [1.29, 1.82) is 0 Å². The van der Waals surface area contributed by atoms with E-state index in [1.807, 2.05) is 0 Å². The van der Waals surface area contributed by atoms with Crippen molar-refractivity contribution in [3.05, 3.63) is 30.1 Å². The number of carboxylic acids is 1. The highest BCUT2D eigenvalue weighted by Gasteiger charge is 1.97. The van der Waals surface area contributed by atoms with Gasteiger partial charge in [-0.1, -0.05) is 0 Å². The van der Waals surface area contributed by atoms with E-state index in [0.717, 1.165) is 0 Å². The van der Waals surface area contributed by atoms with E-state index in [-0.39, 0.29) is 12.2 Å². The van der Waals surface area contributed by atoms with Gasteiger partial charge in [-0.2, -0.15) is 0 Å². The summed E-state index contributed by atoms with van der Waals surface area (Å²) < 4.78 is 17.8. The second kappa shape index (κ2) is 6.01. The molecule has 0 aliphatic rings. The van der Waals surface area contributed by atoms with Crippen LogP contribution in [0.5, 0.6) is 5.75 Å². The third-order valence-electron chi connectivity index (χ3n) is 1.87. The Hall–Kier alpha value is -1.58. The molecular formula is C11H13FO3. The second-order valence-corrected chi connectivity index (χ2v) is 3.15. The molecule has 3 nitrogen and oxygen atoms in total. The molecule has 0 amide bonds. The molecule has 0 atom stereocenters. The average Bonchev–Trinajstić information content (AvgIpc) is 2.20. The van der Waals surface area contributed by atoms with Crippen molar-refractivity contribution in [2.24, 2.45) is 0 Å². The highest BCUT2D eigenvalue weighted by Crippen LogP contribution is 2.11. The zero-order chi connectivity index (χ0) is 11.1. The minimum absolute atomic E-state index is 0.160. The molecule has 0 heterocycles. The van der Waals surface area contributed by atoms with E-state index in [0.29, 0.717) is 25.2 Å². The van der Waals surface area contributed by atoms with E-state index in [1.54, 1.807) is 12.1 Å². The number of carboxylic acid groups (broad SMARTS) is 1. The minimum atomic E-state index is -0.795. The molecule has 15 heavy (non-hydrogen) atoms. The monoisotopic (exact) mass is 212 g/mol. The summed E-state index contributed by atoms with van der Waals surface area (Å²) in [7, 11) is 0. The summed E-state index contributed by atoms with van der Waals surface area (Å²) in [5.74, 6) is -0.489. The fourth-order valence-corrected chi connectivity index (χ4v) is 1.10. The second-order valence-electron chi connectivity index (χ2n) is 3.15. The molecule has 1 N–H and O–H groups in total. The van der Waals surface area contributed by atoms with E-state index in [9.17, 15) is 9.18 Å². The maximum Gasteiger partial charge on any atom is 0.303 e. The summed E-state index contributed by atoms with van der Waals surface area (Å²) in [5.41, 5.74) is 0. The molecule has 1 aromatic rings. The van der Waals surface area contributed by atoms with Gasteiger partial charge >= 0.3 is 5.97 Å². The summed E-state index contributed by atoms with van der Waals surface area (Å²) in [5, 5.41) is 8.38. The summed E-state index contributed by atoms with van der Waals surface area (Å²) in [6.45, 7) is 0.457. The molecule has 0 radical (unpaired) electrons. The van der Waals surface area contributed by atoms with Crippen LogP contribution in [-0.2, 0) is 4.79 Å². The van der Waals surface area contributed by atoms with Crippen molar-refractivity contribution in [3.63, 3.8) is 0 Å². The van der Waals surface area contributed by atoms with Gasteiger partial charge in [-0.05, 0) is 37.1 Å². The number of hydrogen-bond donors (Lipinski definition) is 1. The van der Waals surface area contributed by atoms with Crippen molar-refractivity contribution in [1.82, 2.24) is 0 Å². The lowest BCUT2D eigenvalue weighted by molar-refractivity contribution is -0.137. The smallest absolute Gasteiger partial charge is 0.303 e. The highest BCUT2D eigenvalue weighted by molar-refractivity contribution is 5.66. The van der Waals surface area contributed by atoms with Crippen LogP contribution in [0.25, 0.3) is 0 Å². The standard InChI is InChI=1S/C11H13FO3/c12-9-4-6-10(7-5-9)15-8-2-1-3-11(13)14/h4-7H,1-3,8H2,(H,13,14). The van der Waals surface area contributed by atoms with Gasteiger partial charge in [0.15, 0.2) is 0 Å². The average molecular weight is 212 g/mol. The van der Waals surface area contributed by atoms with Crippen molar-refractivity contribution >= 4 is 5.97 Å². The lowest BCUT2D eigenvalue weighted by Gasteiger charge is -2.04. The molecule has 1 rings (SSSR count). The maximum absolute atomic E-state index is 12.5. The molecule has 0 aliphatic heterocycles. The Morgan fingerprint density at radius 1 is 1.27 bits per heavy atom. The van der Waals surface area contributed by atoms with E-state index in [1.165, 1.54) is 12.1 Å². The summed E-state index contributed by atoms with van der Waals surface area (Å²) in [4.78, 5) is 10.2. The third kappa shape index (κ3) is 5.00.